The molecule has 0 heterocycles. The van der Waals surface area contributed by atoms with E-state index in [9.17, 15) is 33.6 Å². The molecule has 4 N–H and O–H groups in total. The van der Waals surface area contributed by atoms with Crippen molar-refractivity contribution in [2.24, 2.45) is 5.92 Å². The van der Waals surface area contributed by atoms with E-state index in [-0.39, 0.29) is 24.7 Å². The highest BCUT2D eigenvalue weighted by Gasteiger charge is 2.35. The van der Waals surface area contributed by atoms with Crippen LogP contribution in [0.2, 0.25) is 0 Å². The molecule has 0 rings (SSSR count). The zero-order chi connectivity index (χ0) is 28.2. The standard InChI is InChI=1S/C22H39N7O7/c1-9-11-16(30)27(6)14(10-2)18(32)28(7)15(12-13(3)4)17(31)24-21(35)29(8)22(36)26-20(34)25-19(33)23-5/h13-15H,9-12H2,1-8H3,(H,24,31,35)(H3,23,25,26,33,34,36)/t14-,15+/m1/s1. The fourth-order valence-electron chi connectivity index (χ4n) is 3.20. The van der Waals surface area contributed by atoms with Crippen LogP contribution >= 0.6 is 0 Å². The Labute approximate surface area is 211 Å². The summed E-state index contributed by atoms with van der Waals surface area (Å²) in [5, 5.41) is 7.71. The Bertz CT molecular complexity index is 847. The van der Waals surface area contributed by atoms with E-state index in [1.165, 1.54) is 30.9 Å². The number of carbonyl (C=O) groups is 7. The van der Waals surface area contributed by atoms with Gasteiger partial charge >= 0.3 is 24.1 Å². The smallest absolute Gasteiger partial charge is 0.333 e. The molecule has 0 spiro atoms. The van der Waals surface area contributed by atoms with E-state index in [1.807, 2.05) is 20.8 Å². The van der Waals surface area contributed by atoms with Crippen molar-refractivity contribution >= 4 is 41.8 Å². The van der Waals surface area contributed by atoms with Crippen molar-refractivity contribution in [1.82, 2.24) is 36.0 Å². The fraction of sp³-hybridized carbons (Fsp3) is 0.682. The number of urea groups is 4. The Morgan fingerprint density at radius 2 is 1.31 bits per heavy atom. The van der Waals surface area contributed by atoms with Crippen LogP contribution in [0.5, 0.6) is 0 Å². The van der Waals surface area contributed by atoms with Gasteiger partial charge in [0.25, 0.3) is 5.91 Å². The van der Waals surface area contributed by atoms with Gasteiger partial charge in [0.05, 0.1) is 0 Å². The number of amides is 11. The third-order valence-electron chi connectivity index (χ3n) is 5.32. The fourth-order valence-corrected chi connectivity index (χ4v) is 3.20. The first-order chi connectivity index (χ1) is 16.7. The van der Waals surface area contributed by atoms with Crippen molar-refractivity contribution in [3.05, 3.63) is 0 Å². The first-order valence-electron chi connectivity index (χ1n) is 11.7. The SMILES string of the molecule is CCCC(=O)N(C)[C@H](CC)C(=O)N(C)[C@@H](CC(C)C)C(=O)NC(=O)N(C)C(=O)NC(=O)NC(=O)NC. The normalized spacial score (nSPS) is 12.0. The average molecular weight is 514 g/mol. The Hall–Kier alpha value is -3.71. The predicted octanol–water partition coefficient (Wildman–Crippen LogP) is 0.823. The molecule has 11 amide bonds. The van der Waals surface area contributed by atoms with Gasteiger partial charge in [0.15, 0.2) is 0 Å². The van der Waals surface area contributed by atoms with E-state index in [0.29, 0.717) is 17.7 Å². The largest absolute Gasteiger partial charge is 0.341 e. The molecule has 0 bridgehead atoms. The highest BCUT2D eigenvalue weighted by Crippen LogP contribution is 2.16. The molecule has 204 valence electrons. The maximum absolute atomic E-state index is 13.2. The van der Waals surface area contributed by atoms with Crippen molar-refractivity contribution in [2.75, 3.05) is 28.2 Å². The summed E-state index contributed by atoms with van der Waals surface area (Å²) < 4.78 is 0. The molecule has 0 aliphatic heterocycles. The quantitative estimate of drug-likeness (QED) is 0.352. The maximum atomic E-state index is 13.2. The van der Waals surface area contributed by atoms with E-state index in [2.05, 4.69) is 10.6 Å². The summed E-state index contributed by atoms with van der Waals surface area (Å²) in [6.45, 7) is 7.27. The van der Waals surface area contributed by atoms with Gasteiger partial charge in [0.1, 0.15) is 12.1 Å². The van der Waals surface area contributed by atoms with Gasteiger partial charge in [-0.05, 0) is 25.2 Å². The minimum atomic E-state index is -1.20. The van der Waals surface area contributed by atoms with E-state index >= 15 is 0 Å². The molecule has 0 radical (unpaired) electrons. The third-order valence-corrected chi connectivity index (χ3v) is 5.32. The molecular formula is C22H39N7O7. The molecule has 0 aromatic heterocycles. The molecule has 2 atom stereocenters. The Morgan fingerprint density at radius 1 is 0.750 bits per heavy atom. The Kier molecular flexibility index (Phi) is 13.7. The molecule has 0 aromatic carbocycles. The van der Waals surface area contributed by atoms with Crippen LogP contribution in [0.4, 0.5) is 19.2 Å². The molecule has 0 saturated heterocycles. The number of carbonyl (C=O) groups excluding carboxylic acids is 7. The zero-order valence-corrected chi connectivity index (χ0v) is 22.3. The summed E-state index contributed by atoms with van der Waals surface area (Å²) in [6, 6.07) is -6.27. The second kappa shape index (κ2) is 15.3. The second-order valence-corrected chi connectivity index (χ2v) is 8.59. The van der Waals surface area contributed by atoms with Gasteiger partial charge in [-0.1, -0.05) is 27.7 Å². The molecule has 0 fully saturated rings. The van der Waals surface area contributed by atoms with Crippen LogP contribution in [-0.4, -0.2) is 96.8 Å². The van der Waals surface area contributed by atoms with Crippen molar-refractivity contribution in [1.29, 1.82) is 0 Å². The Balaban J connectivity index is 5.50. The van der Waals surface area contributed by atoms with Gasteiger partial charge in [-0.25, -0.2) is 24.1 Å². The van der Waals surface area contributed by atoms with Crippen molar-refractivity contribution < 1.29 is 33.6 Å². The summed E-state index contributed by atoms with van der Waals surface area (Å²) in [4.78, 5) is 88.8. The van der Waals surface area contributed by atoms with Gasteiger partial charge in [0.2, 0.25) is 11.8 Å². The van der Waals surface area contributed by atoms with Crippen LogP contribution in [0.25, 0.3) is 0 Å². The number of nitrogens with zero attached hydrogens (tertiary/aromatic N) is 3. The molecule has 14 heteroatoms. The predicted molar refractivity (Wildman–Crippen MR) is 131 cm³/mol. The summed E-state index contributed by atoms with van der Waals surface area (Å²) >= 11 is 0. The lowest BCUT2D eigenvalue weighted by molar-refractivity contribution is -0.147. The van der Waals surface area contributed by atoms with Gasteiger partial charge in [0, 0.05) is 34.6 Å². The number of hydrogen-bond donors (Lipinski definition) is 4. The summed E-state index contributed by atoms with van der Waals surface area (Å²) in [6.07, 6.45) is 1.43. The second-order valence-electron chi connectivity index (χ2n) is 8.59. The first-order valence-corrected chi connectivity index (χ1v) is 11.7. The molecule has 0 aliphatic carbocycles. The summed E-state index contributed by atoms with van der Waals surface area (Å²) in [5.74, 6) is -1.54. The van der Waals surface area contributed by atoms with Crippen molar-refractivity contribution in [3.8, 4) is 0 Å². The highest BCUT2D eigenvalue weighted by atomic mass is 16.2. The number of imide groups is 4. The molecule has 0 unspecified atom stereocenters. The Morgan fingerprint density at radius 3 is 1.78 bits per heavy atom. The molecule has 0 aliphatic rings. The summed E-state index contributed by atoms with van der Waals surface area (Å²) in [7, 11) is 5.22. The van der Waals surface area contributed by atoms with Crippen LogP contribution in [0, 0.1) is 5.92 Å². The zero-order valence-electron chi connectivity index (χ0n) is 22.3. The van der Waals surface area contributed by atoms with Crippen LogP contribution in [-0.2, 0) is 14.4 Å². The van der Waals surface area contributed by atoms with Gasteiger partial charge < -0.3 is 15.1 Å². The van der Waals surface area contributed by atoms with E-state index < -0.39 is 48.0 Å². The minimum Gasteiger partial charge on any atom is -0.341 e. The first kappa shape index (κ1) is 32.3. The monoisotopic (exact) mass is 513 g/mol. The van der Waals surface area contributed by atoms with Crippen LogP contribution in [0.1, 0.15) is 53.4 Å². The van der Waals surface area contributed by atoms with Crippen LogP contribution < -0.4 is 21.3 Å². The third kappa shape index (κ3) is 9.88. The molecule has 14 nitrogen and oxygen atoms in total. The van der Waals surface area contributed by atoms with E-state index in [0.717, 1.165) is 7.05 Å². The van der Waals surface area contributed by atoms with Gasteiger partial charge in [-0.15, -0.1) is 0 Å². The van der Waals surface area contributed by atoms with E-state index in [1.54, 1.807) is 17.6 Å². The lowest BCUT2D eigenvalue weighted by Crippen LogP contribution is -2.57. The molecular weight excluding hydrogens is 474 g/mol. The lowest BCUT2D eigenvalue weighted by atomic mass is 10.0. The number of nitrogens with one attached hydrogen (secondary N) is 4. The van der Waals surface area contributed by atoms with Crippen molar-refractivity contribution in [3.63, 3.8) is 0 Å². The van der Waals surface area contributed by atoms with Gasteiger partial charge in [-0.2, -0.15) is 0 Å². The maximum Gasteiger partial charge on any atom is 0.333 e. The number of rotatable bonds is 9. The number of hydrogen-bond acceptors (Lipinski definition) is 7. The van der Waals surface area contributed by atoms with Crippen LogP contribution in [0.15, 0.2) is 0 Å². The molecule has 0 aromatic rings. The van der Waals surface area contributed by atoms with Crippen LogP contribution in [0.3, 0.4) is 0 Å². The van der Waals surface area contributed by atoms with E-state index in [4.69, 9.17) is 0 Å². The molecule has 0 saturated carbocycles. The molecule has 36 heavy (non-hydrogen) atoms. The topological polar surface area (TPSA) is 177 Å². The number of likely N-dealkylation sites (N-methyl/N-ethyl adjacent to an activating group) is 2. The lowest BCUT2D eigenvalue weighted by Gasteiger charge is -2.34. The average Bonchev–Trinajstić information content (AvgIpc) is 2.81. The van der Waals surface area contributed by atoms with Gasteiger partial charge in [-0.3, -0.25) is 30.3 Å². The summed E-state index contributed by atoms with van der Waals surface area (Å²) in [5.41, 5.74) is 0. The minimum absolute atomic E-state index is 0.0416. The van der Waals surface area contributed by atoms with Crippen molar-refractivity contribution in [2.45, 2.75) is 65.5 Å². The highest BCUT2D eigenvalue weighted by molar-refractivity contribution is 6.08.